The summed E-state index contributed by atoms with van der Waals surface area (Å²) in [5.74, 6) is 0. The Bertz CT molecular complexity index is 1300. The van der Waals surface area contributed by atoms with Crippen molar-refractivity contribution in [1.82, 2.24) is 0 Å². The van der Waals surface area contributed by atoms with Gasteiger partial charge in [0.2, 0.25) is 5.69 Å². The first-order valence-corrected chi connectivity index (χ1v) is 9.04. The van der Waals surface area contributed by atoms with Crippen LogP contribution in [-0.4, -0.2) is 0 Å². The van der Waals surface area contributed by atoms with E-state index >= 15 is 0 Å². The highest BCUT2D eigenvalue weighted by Gasteiger charge is 2.13. The second kappa shape index (κ2) is 5.67. The number of hydrogen-bond donors (Lipinski definition) is 0. The molecule has 0 aliphatic rings. The van der Waals surface area contributed by atoms with Crippen molar-refractivity contribution < 1.29 is 4.98 Å². The molecule has 0 spiro atoms. The Hall–Kier alpha value is -3.19. The maximum absolute atomic E-state index is 3.46. The van der Waals surface area contributed by atoms with Crippen LogP contribution in [0.25, 0.3) is 43.6 Å². The Morgan fingerprint density at radius 3 is 2.15 bits per heavy atom. The van der Waals surface area contributed by atoms with Gasteiger partial charge < -0.3 is 0 Å². The van der Waals surface area contributed by atoms with Crippen LogP contribution in [-0.2, 0) is 0 Å². The number of nitrogens with one attached hydrogen (secondary N) is 1. The summed E-state index contributed by atoms with van der Waals surface area (Å²) in [6.45, 7) is 4.28. The Balaban J connectivity index is 1.87. The van der Waals surface area contributed by atoms with Crippen LogP contribution in [0.15, 0.2) is 79.0 Å². The summed E-state index contributed by atoms with van der Waals surface area (Å²) in [7, 11) is 0. The summed E-state index contributed by atoms with van der Waals surface area (Å²) in [5.41, 5.74) is 4.98. The summed E-state index contributed by atoms with van der Waals surface area (Å²) >= 11 is 0. The highest BCUT2D eigenvalue weighted by atomic mass is 14.7. The van der Waals surface area contributed by atoms with E-state index in [1.807, 2.05) is 0 Å². The number of hydrogen-bond acceptors (Lipinski definition) is 0. The van der Waals surface area contributed by atoms with Crippen LogP contribution < -0.4 is 4.98 Å². The largest absolute Gasteiger partial charge is 0.218 e. The van der Waals surface area contributed by atoms with Gasteiger partial charge in [0.15, 0.2) is 6.20 Å². The van der Waals surface area contributed by atoms with Gasteiger partial charge in [-0.2, -0.15) is 0 Å². The van der Waals surface area contributed by atoms with Crippen LogP contribution >= 0.6 is 0 Å². The normalized spacial score (nSPS) is 11.5. The number of aromatic nitrogens is 1. The quantitative estimate of drug-likeness (QED) is 0.322. The number of aryl methyl sites for hydroxylation is 2. The SMILES string of the molecule is Cc1cccc(-c2[nH+]ccc3c2ccc2c4ccc(C)cc4ccc32)c1. The van der Waals surface area contributed by atoms with E-state index in [4.69, 9.17) is 0 Å². The first kappa shape index (κ1) is 15.1. The van der Waals surface area contributed by atoms with Gasteiger partial charge in [-0.3, -0.25) is 0 Å². The minimum Gasteiger partial charge on any atom is -0.211 e. The second-order valence-electron chi connectivity index (χ2n) is 7.13. The third kappa shape index (κ3) is 2.28. The zero-order valence-electron chi connectivity index (χ0n) is 15.0. The lowest BCUT2D eigenvalue weighted by atomic mass is 9.95. The van der Waals surface area contributed by atoms with Crippen molar-refractivity contribution in [3.8, 4) is 11.3 Å². The van der Waals surface area contributed by atoms with Crippen LogP contribution in [0.3, 0.4) is 0 Å². The molecule has 0 atom stereocenters. The maximum atomic E-state index is 3.46. The number of pyridine rings is 1. The summed E-state index contributed by atoms with van der Waals surface area (Å²) in [6, 6.07) is 26.6. The van der Waals surface area contributed by atoms with E-state index in [2.05, 4.69) is 97.8 Å². The summed E-state index contributed by atoms with van der Waals surface area (Å²) in [4.78, 5) is 3.46. The average molecular weight is 334 g/mol. The average Bonchev–Trinajstić information content (AvgIpc) is 2.66. The number of aromatic amines is 1. The molecule has 1 heteroatoms. The molecule has 0 unspecified atom stereocenters. The van der Waals surface area contributed by atoms with Gasteiger partial charge in [0, 0.05) is 17.0 Å². The third-order valence-corrected chi connectivity index (χ3v) is 5.27. The van der Waals surface area contributed by atoms with Gasteiger partial charge in [-0.15, -0.1) is 0 Å². The van der Waals surface area contributed by atoms with Gasteiger partial charge in [-0.25, -0.2) is 4.98 Å². The van der Waals surface area contributed by atoms with Crippen molar-refractivity contribution >= 4 is 32.3 Å². The van der Waals surface area contributed by atoms with E-state index in [0.29, 0.717) is 0 Å². The molecule has 124 valence electrons. The second-order valence-corrected chi connectivity index (χ2v) is 7.13. The number of benzene rings is 4. The predicted octanol–water partition coefficient (Wildman–Crippen LogP) is 6.24. The summed E-state index contributed by atoms with van der Waals surface area (Å²) in [6.07, 6.45) is 2.05. The standard InChI is InChI=1S/C25H19N/c1-16-4-3-5-19(15-16)25-24-11-10-21-20-8-6-17(2)14-18(20)7-9-22(21)23(24)12-13-26-25/h3-15H,1-2H3/p+1. The molecule has 1 heterocycles. The van der Waals surface area contributed by atoms with E-state index in [1.54, 1.807) is 0 Å². The van der Waals surface area contributed by atoms with E-state index in [1.165, 1.54) is 54.7 Å². The monoisotopic (exact) mass is 334 g/mol. The lowest BCUT2D eigenvalue weighted by Gasteiger charge is -2.09. The van der Waals surface area contributed by atoms with Crippen LogP contribution in [0, 0.1) is 13.8 Å². The van der Waals surface area contributed by atoms with Crippen molar-refractivity contribution in [3.63, 3.8) is 0 Å². The van der Waals surface area contributed by atoms with Crippen LogP contribution in [0.1, 0.15) is 11.1 Å². The fourth-order valence-electron chi connectivity index (χ4n) is 4.01. The molecule has 5 aromatic rings. The van der Waals surface area contributed by atoms with Crippen molar-refractivity contribution in [2.24, 2.45) is 0 Å². The van der Waals surface area contributed by atoms with Crippen LogP contribution in [0.5, 0.6) is 0 Å². The van der Waals surface area contributed by atoms with Gasteiger partial charge in [0.1, 0.15) is 0 Å². The molecule has 1 nitrogen and oxygen atoms in total. The number of rotatable bonds is 1. The molecule has 5 rings (SSSR count). The van der Waals surface area contributed by atoms with E-state index < -0.39 is 0 Å². The topological polar surface area (TPSA) is 14.1 Å². The van der Waals surface area contributed by atoms with Gasteiger partial charge in [0.05, 0.1) is 5.39 Å². The van der Waals surface area contributed by atoms with Gasteiger partial charge in [0.25, 0.3) is 0 Å². The lowest BCUT2D eigenvalue weighted by Crippen LogP contribution is -2.06. The molecule has 0 fully saturated rings. The smallest absolute Gasteiger partial charge is 0.211 e. The van der Waals surface area contributed by atoms with Crippen molar-refractivity contribution in [1.29, 1.82) is 0 Å². The molecule has 0 bridgehead atoms. The molecule has 0 aliphatic carbocycles. The first-order chi connectivity index (χ1) is 12.7. The van der Waals surface area contributed by atoms with E-state index in [9.17, 15) is 0 Å². The van der Waals surface area contributed by atoms with Crippen molar-refractivity contribution in [2.75, 3.05) is 0 Å². The van der Waals surface area contributed by atoms with Crippen LogP contribution in [0.4, 0.5) is 0 Å². The summed E-state index contributed by atoms with van der Waals surface area (Å²) in [5, 5.41) is 7.80. The zero-order chi connectivity index (χ0) is 17.7. The minimum atomic E-state index is 1.18. The lowest BCUT2D eigenvalue weighted by molar-refractivity contribution is -0.362. The molecule has 0 aliphatic heterocycles. The molecule has 0 amide bonds. The van der Waals surface area contributed by atoms with Gasteiger partial charge in [-0.05, 0) is 53.6 Å². The molecule has 0 radical (unpaired) electrons. The summed E-state index contributed by atoms with van der Waals surface area (Å²) < 4.78 is 0. The fraction of sp³-hybridized carbons (Fsp3) is 0.0800. The van der Waals surface area contributed by atoms with Crippen molar-refractivity contribution in [2.45, 2.75) is 13.8 Å². The first-order valence-electron chi connectivity index (χ1n) is 9.04. The van der Waals surface area contributed by atoms with Crippen LogP contribution in [0.2, 0.25) is 0 Å². The van der Waals surface area contributed by atoms with Gasteiger partial charge in [-0.1, -0.05) is 59.7 Å². The highest BCUT2D eigenvalue weighted by Crippen LogP contribution is 2.34. The van der Waals surface area contributed by atoms with E-state index in [-0.39, 0.29) is 0 Å². The Morgan fingerprint density at radius 1 is 0.577 bits per heavy atom. The molecule has 0 saturated carbocycles. The minimum absolute atomic E-state index is 1.18. The Kier molecular flexibility index (Phi) is 3.29. The van der Waals surface area contributed by atoms with E-state index in [0.717, 1.165) is 0 Å². The third-order valence-electron chi connectivity index (χ3n) is 5.27. The molecule has 26 heavy (non-hydrogen) atoms. The zero-order valence-corrected chi connectivity index (χ0v) is 15.0. The number of fused-ring (bicyclic) bond motifs is 5. The van der Waals surface area contributed by atoms with Gasteiger partial charge >= 0.3 is 0 Å². The van der Waals surface area contributed by atoms with Crippen molar-refractivity contribution in [3.05, 3.63) is 90.1 Å². The number of H-pyrrole nitrogens is 1. The Labute approximate surface area is 152 Å². The fourth-order valence-corrected chi connectivity index (χ4v) is 4.01. The Morgan fingerprint density at radius 2 is 1.27 bits per heavy atom. The molecular formula is C25H20N+. The molecule has 0 saturated heterocycles. The molecular weight excluding hydrogens is 314 g/mol. The maximum Gasteiger partial charge on any atom is 0.218 e. The molecule has 4 aromatic carbocycles. The molecule has 1 N–H and O–H groups in total. The predicted molar refractivity (Wildman–Crippen MR) is 110 cm³/mol. The highest BCUT2D eigenvalue weighted by molar-refractivity contribution is 6.18. The molecule has 1 aromatic heterocycles.